The third-order valence-electron chi connectivity index (χ3n) is 2.76. The van der Waals surface area contributed by atoms with Crippen molar-refractivity contribution >= 4 is 5.82 Å². The fourth-order valence-corrected chi connectivity index (χ4v) is 1.47. The molecular formula is C10H16N4O. The molecule has 0 unspecified atom stereocenters. The summed E-state index contributed by atoms with van der Waals surface area (Å²) in [4.78, 5) is 8.84. The highest BCUT2D eigenvalue weighted by molar-refractivity contribution is 5.36. The van der Waals surface area contributed by atoms with Crippen LogP contribution in [0.15, 0.2) is 6.07 Å². The molecule has 15 heavy (non-hydrogen) atoms. The van der Waals surface area contributed by atoms with Crippen LogP contribution >= 0.6 is 0 Å². The van der Waals surface area contributed by atoms with Gasteiger partial charge in [0, 0.05) is 18.6 Å². The zero-order valence-corrected chi connectivity index (χ0v) is 9.08. The van der Waals surface area contributed by atoms with E-state index in [0.29, 0.717) is 12.4 Å². The second-order valence-electron chi connectivity index (χ2n) is 4.21. The summed E-state index contributed by atoms with van der Waals surface area (Å²) >= 11 is 0. The van der Waals surface area contributed by atoms with Crippen LogP contribution in [0, 0.1) is 0 Å². The second kappa shape index (κ2) is 3.75. The molecule has 0 aliphatic heterocycles. The molecule has 1 fully saturated rings. The Balaban J connectivity index is 2.33. The average molecular weight is 208 g/mol. The van der Waals surface area contributed by atoms with Crippen LogP contribution in [0.25, 0.3) is 0 Å². The normalized spacial score (nSPS) is 17.5. The second-order valence-corrected chi connectivity index (χ2v) is 4.21. The van der Waals surface area contributed by atoms with Crippen LogP contribution in [0.1, 0.15) is 31.3 Å². The highest BCUT2D eigenvalue weighted by atomic mass is 16.5. The Morgan fingerprint density at radius 3 is 2.80 bits per heavy atom. The number of nitrogens with zero attached hydrogens (tertiary/aromatic N) is 2. The Labute approximate surface area is 89.0 Å². The van der Waals surface area contributed by atoms with Crippen LogP contribution in [-0.2, 0) is 16.8 Å². The van der Waals surface area contributed by atoms with Crippen molar-refractivity contribution in [2.24, 2.45) is 5.84 Å². The molecule has 1 aliphatic carbocycles. The first-order chi connectivity index (χ1) is 7.18. The Morgan fingerprint density at radius 1 is 1.53 bits per heavy atom. The first kappa shape index (κ1) is 10.3. The van der Waals surface area contributed by atoms with Crippen molar-refractivity contribution in [1.82, 2.24) is 9.97 Å². The van der Waals surface area contributed by atoms with E-state index in [4.69, 9.17) is 10.6 Å². The fourth-order valence-electron chi connectivity index (χ4n) is 1.47. The molecule has 82 valence electrons. The minimum Gasteiger partial charge on any atom is -0.378 e. The third kappa shape index (κ3) is 2.08. The standard InChI is InChI=1S/C10H16N4O/c1-10(3-4-10)9-12-7(6-15-2)5-8(13-9)14-11/h5H,3-4,6,11H2,1-2H3,(H,12,13,14). The molecule has 0 saturated heterocycles. The molecule has 3 N–H and O–H groups in total. The van der Waals surface area contributed by atoms with Crippen LogP contribution in [0.3, 0.4) is 0 Å². The molecule has 0 radical (unpaired) electrons. The van der Waals surface area contributed by atoms with Gasteiger partial charge in [0.1, 0.15) is 11.6 Å². The topological polar surface area (TPSA) is 73.1 Å². The van der Waals surface area contributed by atoms with Crippen LogP contribution in [-0.4, -0.2) is 17.1 Å². The lowest BCUT2D eigenvalue weighted by atomic mass is 10.1. The van der Waals surface area contributed by atoms with E-state index >= 15 is 0 Å². The van der Waals surface area contributed by atoms with Gasteiger partial charge in [-0.2, -0.15) is 0 Å². The molecule has 1 aliphatic rings. The van der Waals surface area contributed by atoms with Gasteiger partial charge in [0.25, 0.3) is 0 Å². The van der Waals surface area contributed by atoms with Gasteiger partial charge in [-0.25, -0.2) is 15.8 Å². The van der Waals surface area contributed by atoms with Crippen molar-refractivity contribution in [3.63, 3.8) is 0 Å². The molecule has 5 heteroatoms. The lowest BCUT2D eigenvalue weighted by Gasteiger charge is -2.10. The first-order valence-corrected chi connectivity index (χ1v) is 5.02. The summed E-state index contributed by atoms with van der Waals surface area (Å²) in [5, 5.41) is 0. The third-order valence-corrected chi connectivity index (χ3v) is 2.76. The Kier molecular flexibility index (Phi) is 2.58. The van der Waals surface area contributed by atoms with E-state index in [1.807, 2.05) is 0 Å². The number of hydrogen-bond donors (Lipinski definition) is 2. The van der Waals surface area contributed by atoms with E-state index in [2.05, 4.69) is 22.3 Å². The smallest absolute Gasteiger partial charge is 0.144 e. The number of nitrogen functional groups attached to an aromatic ring is 1. The number of ether oxygens (including phenoxy) is 1. The molecule has 2 rings (SSSR count). The van der Waals surface area contributed by atoms with Gasteiger partial charge in [0.05, 0.1) is 12.3 Å². The van der Waals surface area contributed by atoms with Crippen LogP contribution in [0.5, 0.6) is 0 Å². The number of hydrazine groups is 1. The lowest BCUT2D eigenvalue weighted by Crippen LogP contribution is -2.15. The van der Waals surface area contributed by atoms with E-state index in [1.54, 1.807) is 13.2 Å². The van der Waals surface area contributed by atoms with Crippen LogP contribution in [0.4, 0.5) is 5.82 Å². The summed E-state index contributed by atoms with van der Waals surface area (Å²) in [6, 6.07) is 1.80. The van der Waals surface area contributed by atoms with Crippen molar-refractivity contribution < 1.29 is 4.74 Å². The number of anilines is 1. The molecule has 0 spiro atoms. The number of aromatic nitrogens is 2. The number of nitrogens with two attached hydrogens (primary N) is 1. The van der Waals surface area contributed by atoms with E-state index in [9.17, 15) is 0 Å². The SMILES string of the molecule is COCc1cc(NN)nc(C2(C)CC2)n1. The molecule has 1 saturated carbocycles. The molecule has 0 amide bonds. The maximum atomic E-state index is 5.37. The first-order valence-electron chi connectivity index (χ1n) is 5.02. The van der Waals surface area contributed by atoms with Gasteiger partial charge >= 0.3 is 0 Å². The van der Waals surface area contributed by atoms with Crippen LogP contribution < -0.4 is 11.3 Å². The van der Waals surface area contributed by atoms with E-state index < -0.39 is 0 Å². The molecular weight excluding hydrogens is 192 g/mol. The highest BCUT2D eigenvalue weighted by Crippen LogP contribution is 2.46. The maximum absolute atomic E-state index is 5.37. The summed E-state index contributed by atoms with van der Waals surface area (Å²) < 4.78 is 5.06. The Morgan fingerprint density at radius 2 is 2.27 bits per heavy atom. The minimum absolute atomic E-state index is 0.148. The molecule has 0 bridgehead atoms. The van der Waals surface area contributed by atoms with Crippen molar-refractivity contribution in [1.29, 1.82) is 0 Å². The predicted molar refractivity (Wildman–Crippen MR) is 57.1 cm³/mol. The molecule has 5 nitrogen and oxygen atoms in total. The quantitative estimate of drug-likeness (QED) is 0.569. The minimum atomic E-state index is 0.148. The average Bonchev–Trinajstić information content (AvgIpc) is 2.98. The van der Waals surface area contributed by atoms with E-state index in [-0.39, 0.29) is 5.41 Å². The van der Waals surface area contributed by atoms with Crippen molar-refractivity contribution in [2.75, 3.05) is 12.5 Å². The van der Waals surface area contributed by atoms with Gasteiger partial charge in [0.15, 0.2) is 0 Å². The Hall–Kier alpha value is -1.20. The molecule has 1 heterocycles. The number of nitrogens with one attached hydrogen (secondary N) is 1. The van der Waals surface area contributed by atoms with Gasteiger partial charge in [0.2, 0.25) is 0 Å². The van der Waals surface area contributed by atoms with E-state index in [1.165, 1.54) is 0 Å². The van der Waals surface area contributed by atoms with Gasteiger partial charge in [-0.05, 0) is 12.8 Å². The summed E-state index contributed by atoms with van der Waals surface area (Å²) in [5.41, 5.74) is 3.57. The van der Waals surface area contributed by atoms with E-state index in [0.717, 1.165) is 24.4 Å². The van der Waals surface area contributed by atoms with Gasteiger partial charge in [-0.1, -0.05) is 6.92 Å². The van der Waals surface area contributed by atoms with Crippen molar-refractivity contribution in [3.05, 3.63) is 17.6 Å². The highest BCUT2D eigenvalue weighted by Gasteiger charge is 2.42. The molecule has 0 aromatic carbocycles. The van der Waals surface area contributed by atoms with Crippen molar-refractivity contribution in [3.8, 4) is 0 Å². The summed E-state index contributed by atoms with van der Waals surface area (Å²) in [7, 11) is 1.65. The van der Waals surface area contributed by atoms with Gasteiger partial charge < -0.3 is 10.2 Å². The lowest BCUT2D eigenvalue weighted by molar-refractivity contribution is 0.181. The predicted octanol–water partition coefficient (Wildman–Crippen LogP) is 0.960. The summed E-state index contributed by atoms with van der Waals surface area (Å²) in [6.07, 6.45) is 2.29. The maximum Gasteiger partial charge on any atom is 0.144 e. The van der Waals surface area contributed by atoms with Gasteiger partial charge in [-0.3, -0.25) is 0 Å². The van der Waals surface area contributed by atoms with Crippen LogP contribution in [0.2, 0.25) is 0 Å². The summed E-state index contributed by atoms with van der Waals surface area (Å²) in [5.74, 6) is 6.89. The molecule has 0 atom stereocenters. The van der Waals surface area contributed by atoms with Gasteiger partial charge in [-0.15, -0.1) is 0 Å². The zero-order chi connectivity index (χ0) is 10.9. The van der Waals surface area contributed by atoms with Crippen molar-refractivity contribution in [2.45, 2.75) is 31.8 Å². The molecule has 1 aromatic rings. The largest absolute Gasteiger partial charge is 0.378 e. The number of methoxy groups -OCH3 is 1. The molecule has 1 aromatic heterocycles. The zero-order valence-electron chi connectivity index (χ0n) is 9.08. The Bertz CT molecular complexity index is 362. The monoisotopic (exact) mass is 208 g/mol. The number of hydrogen-bond acceptors (Lipinski definition) is 5. The number of rotatable bonds is 4. The fraction of sp³-hybridized carbons (Fsp3) is 0.600. The summed E-state index contributed by atoms with van der Waals surface area (Å²) in [6.45, 7) is 2.65.